The number of Topliss-reactive ketones (excluding diaryl/α,β-unsaturated/α-hetero) is 1. The molecular weight excluding hydrogens is 256 g/mol. The smallest absolute Gasteiger partial charge is 0.347 e. The molecule has 110 valence electrons. The molecular formula is C16H22O4. The molecule has 0 bridgehead atoms. The van der Waals surface area contributed by atoms with Crippen LogP contribution in [-0.2, 0) is 9.53 Å². The molecule has 0 N–H and O–H groups in total. The van der Waals surface area contributed by atoms with Crippen LogP contribution in [0.15, 0.2) is 24.3 Å². The molecule has 0 saturated heterocycles. The molecule has 0 aliphatic carbocycles. The minimum absolute atomic E-state index is 0.0917. The number of benzene rings is 1. The average Bonchev–Trinajstić information content (AvgIpc) is 2.42. The largest absolute Gasteiger partial charge is 0.478 e. The summed E-state index contributed by atoms with van der Waals surface area (Å²) in [5.41, 5.74) is 0.475. The molecule has 0 saturated carbocycles. The van der Waals surface area contributed by atoms with Crippen molar-refractivity contribution >= 4 is 11.8 Å². The third-order valence-electron chi connectivity index (χ3n) is 2.73. The molecule has 1 atom stereocenters. The van der Waals surface area contributed by atoms with Crippen LogP contribution >= 0.6 is 0 Å². The number of esters is 1. The minimum atomic E-state index is -0.686. The van der Waals surface area contributed by atoms with E-state index in [1.54, 1.807) is 24.3 Å². The molecule has 0 amide bonds. The first-order valence-electron chi connectivity index (χ1n) is 6.89. The number of hydrogen-bond acceptors (Lipinski definition) is 4. The van der Waals surface area contributed by atoms with Gasteiger partial charge in [-0.3, -0.25) is 4.79 Å². The van der Waals surface area contributed by atoms with E-state index in [-0.39, 0.29) is 17.7 Å². The highest BCUT2D eigenvalue weighted by atomic mass is 16.6. The van der Waals surface area contributed by atoms with E-state index in [0.717, 1.165) is 0 Å². The molecule has 4 nitrogen and oxygen atoms in total. The van der Waals surface area contributed by atoms with E-state index >= 15 is 0 Å². The number of carbonyl (C=O) groups excluding carboxylic acids is 2. The normalized spacial score (nSPS) is 12.1. The molecule has 1 rings (SSSR count). The van der Waals surface area contributed by atoms with Crippen LogP contribution in [0.1, 0.15) is 44.5 Å². The molecule has 20 heavy (non-hydrogen) atoms. The van der Waals surface area contributed by atoms with Gasteiger partial charge in [0.25, 0.3) is 0 Å². The van der Waals surface area contributed by atoms with E-state index in [4.69, 9.17) is 9.47 Å². The van der Waals surface area contributed by atoms with Crippen LogP contribution in [0, 0.1) is 5.92 Å². The lowest BCUT2D eigenvalue weighted by molar-refractivity contribution is -0.153. The lowest BCUT2D eigenvalue weighted by Gasteiger charge is -2.18. The third-order valence-corrected chi connectivity index (χ3v) is 2.73. The van der Waals surface area contributed by atoms with Crippen molar-refractivity contribution < 1.29 is 19.1 Å². The number of ketones is 1. The van der Waals surface area contributed by atoms with Crippen molar-refractivity contribution in [2.45, 2.75) is 40.2 Å². The highest BCUT2D eigenvalue weighted by Gasteiger charge is 2.22. The second kappa shape index (κ2) is 7.68. The average molecular weight is 278 g/mol. The van der Waals surface area contributed by atoms with Crippen LogP contribution in [0.2, 0.25) is 0 Å². The summed E-state index contributed by atoms with van der Waals surface area (Å²) in [7, 11) is 0. The molecule has 1 unspecified atom stereocenters. The Morgan fingerprint density at radius 3 is 2.40 bits per heavy atom. The molecule has 0 aromatic heterocycles. The lowest BCUT2D eigenvalue weighted by Crippen LogP contribution is -2.30. The Morgan fingerprint density at radius 1 is 1.20 bits per heavy atom. The van der Waals surface area contributed by atoms with Crippen molar-refractivity contribution in [2.75, 3.05) is 6.61 Å². The van der Waals surface area contributed by atoms with Gasteiger partial charge in [0, 0.05) is 0 Å². The Bertz CT molecular complexity index is 465. The highest BCUT2D eigenvalue weighted by Crippen LogP contribution is 2.21. The van der Waals surface area contributed by atoms with Gasteiger partial charge in [0.15, 0.2) is 11.9 Å². The second-order valence-corrected chi connectivity index (χ2v) is 5.09. The highest BCUT2D eigenvalue weighted by molar-refractivity contribution is 5.96. The van der Waals surface area contributed by atoms with Gasteiger partial charge in [-0.2, -0.15) is 0 Å². The predicted molar refractivity (Wildman–Crippen MR) is 77.0 cm³/mol. The van der Waals surface area contributed by atoms with Crippen LogP contribution in [0.5, 0.6) is 5.75 Å². The predicted octanol–water partition coefficient (Wildman–Crippen LogP) is 3.25. The fraction of sp³-hybridized carbons (Fsp3) is 0.500. The maximum Gasteiger partial charge on any atom is 0.347 e. The molecule has 0 fully saturated rings. The monoisotopic (exact) mass is 278 g/mol. The molecule has 1 aromatic rings. The van der Waals surface area contributed by atoms with Crippen molar-refractivity contribution in [3.63, 3.8) is 0 Å². The van der Waals surface area contributed by atoms with E-state index in [9.17, 15) is 9.59 Å². The van der Waals surface area contributed by atoms with Crippen molar-refractivity contribution in [3.05, 3.63) is 29.8 Å². The van der Waals surface area contributed by atoms with Crippen molar-refractivity contribution in [3.8, 4) is 5.75 Å². The standard InChI is InChI=1S/C16H22O4/c1-5-14(16(18)19-10-11(2)3)20-15-9-7-6-8-13(15)12(4)17/h6-9,11,14H,5,10H2,1-4H3. The number of rotatable bonds is 7. The van der Waals surface area contributed by atoms with Crippen LogP contribution < -0.4 is 4.74 Å². The zero-order chi connectivity index (χ0) is 15.1. The first-order chi connectivity index (χ1) is 9.45. The van der Waals surface area contributed by atoms with Gasteiger partial charge in [0.2, 0.25) is 0 Å². The SMILES string of the molecule is CCC(Oc1ccccc1C(C)=O)C(=O)OCC(C)C. The summed E-state index contributed by atoms with van der Waals surface area (Å²) in [6.45, 7) is 7.63. The number of carbonyl (C=O) groups is 2. The van der Waals surface area contributed by atoms with Crippen LogP contribution in [-0.4, -0.2) is 24.5 Å². The van der Waals surface area contributed by atoms with Gasteiger partial charge in [-0.15, -0.1) is 0 Å². The quantitative estimate of drug-likeness (QED) is 0.567. The molecule has 0 aliphatic heterocycles. The zero-order valence-electron chi connectivity index (χ0n) is 12.5. The Kier molecular flexibility index (Phi) is 6.22. The van der Waals surface area contributed by atoms with Crippen molar-refractivity contribution in [1.29, 1.82) is 0 Å². The summed E-state index contributed by atoms with van der Waals surface area (Å²) in [4.78, 5) is 23.5. The molecule has 1 aromatic carbocycles. The van der Waals surface area contributed by atoms with Gasteiger partial charge in [0.1, 0.15) is 5.75 Å². The number of ether oxygens (including phenoxy) is 2. The van der Waals surface area contributed by atoms with Crippen LogP contribution in [0.3, 0.4) is 0 Å². The van der Waals surface area contributed by atoms with Gasteiger partial charge in [-0.05, 0) is 31.4 Å². The summed E-state index contributed by atoms with van der Waals surface area (Å²) < 4.78 is 10.8. The summed E-state index contributed by atoms with van der Waals surface area (Å²) >= 11 is 0. The van der Waals surface area contributed by atoms with E-state index in [1.165, 1.54) is 6.92 Å². The van der Waals surface area contributed by atoms with Crippen LogP contribution in [0.25, 0.3) is 0 Å². The maximum atomic E-state index is 11.9. The Balaban J connectivity index is 2.78. The summed E-state index contributed by atoms with van der Waals surface area (Å²) in [6, 6.07) is 6.91. The Morgan fingerprint density at radius 2 is 1.85 bits per heavy atom. The zero-order valence-corrected chi connectivity index (χ0v) is 12.5. The van der Waals surface area contributed by atoms with Gasteiger partial charge >= 0.3 is 5.97 Å². The lowest BCUT2D eigenvalue weighted by atomic mass is 10.1. The molecule has 0 heterocycles. The summed E-state index contributed by atoms with van der Waals surface area (Å²) in [5, 5.41) is 0. The van der Waals surface area contributed by atoms with E-state index in [2.05, 4.69) is 0 Å². The van der Waals surface area contributed by atoms with E-state index in [0.29, 0.717) is 24.3 Å². The Labute approximate surface area is 120 Å². The van der Waals surface area contributed by atoms with Gasteiger partial charge in [-0.25, -0.2) is 4.79 Å². The number of hydrogen-bond donors (Lipinski definition) is 0. The first kappa shape index (κ1) is 16.2. The van der Waals surface area contributed by atoms with E-state index in [1.807, 2.05) is 20.8 Å². The Hall–Kier alpha value is -1.84. The summed E-state index contributed by atoms with van der Waals surface area (Å²) in [6.07, 6.45) is -0.197. The molecule has 0 spiro atoms. The molecule has 4 heteroatoms. The second-order valence-electron chi connectivity index (χ2n) is 5.09. The topological polar surface area (TPSA) is 52.6 Å². The molecule has 0 aliphatic rings. The van der Waals surface area contributed by atoms with Crippen molar-refractivity contribution in [2.24, 2.45) is 5.92 Å². The fourth-order valence-electron chi connectivity index (χ4n) is 1.65. The maximum absolute atomic E-state index is 11.9. The van der Waals surface area contributed by atoms with Crippen LogP contribution in [0.4, 0.5) is 0 Å². The first-order valence-corrected chi connectivity index (χ1v) is 6.89. The number of para-hydroxylation sites is 1. The van der Waals surface area contributed by atoms with E-state index < -0.39 is 6.10 Å². The summed E-state index contributed by atoms with van der Waals surface area (Å²) in [5.74, 6) is 0.222. The van der Waals surface area contributed by atoms with Gasteiger partial charge in [-0.1, -0.05) is 32.9 Å². The molecule has 0 radical (unpaired) electrons. The minimum Gasteiger partial charge on any atom is -0.478 e. The van der Waals surface area contributed by atoms with Gasteiger partial charge < -0.3 is 9.47 Å². The fourth-order valence-corrected chi connectivity index (χ4v) is 1.65. The van der Waals surface area contributed by atoms with Gasteiger partial charge in [0.05, 0.1) is 12.2 Å². The van der Waals surface area contributed by atoms with Crippen molar-refractivity contribution in [1.82, 2.24) is 0 Å². The third kappa shape index (κ3) is 4.68.